The van der Waals surface area contributed by atoms with Gasteiger partial charge in [0.25, 0.3) is 0 Å². The molecule has 31 heavy (non-hydrogen) atoms. The van der Waals surface area contributed by atoms with Crippen molar-refractivity contribution in [1.29, 1.82) is 0 Å². The van der Waals surface area contributed by atoms with Gasteiger partial charge in [-0.25, -0.2) is 0 Å². The van der Waals surface area contributed by atoms with Crippen molar-refractivity contribution in [2.24, 2.45) is 5.92 Å². The van der Waals surface area contributed by atoms with Crippen LogP contribution in [0.5, 0.6) is 0 Å². The Hall–Kier alpha value is -2.10. The smallest absolute Gasteiger partial charge is 0.430 e. The molecule has 0 spiro atoms. The molecule has 0 aromatic heterocycles. The van der Waals surface area contributed by atoms with Crippen LogP contribution in [0.3, 0.4) is 0 Å². The number of hydrogen-bond donors (Lipinski definition) is 2. The molecule has 2 N–H and O–H groups in total. The molecular formula is C21H27F5N2O3. The van der Waals surface area contributed by atoms with Crippen LogP contribution < -0.4 is 10.6 Å². The van der Waals surface area contributed by atoms with Crippen LogP contribution in [-0.4, -0.2) is 30.5 Å². The van der Waals surface area contributed by atoms with E-state index in [1.807, 2.05) is 0 Å². The predicted molar refractivity (Wildman–Crippen MR) is 102 cm³/mol. The van der Waals surface area contributed by atoms with Crippen molar-refractivity contribution in [3.8, 4) is 0 Å². The first kappa shape index (κ1) is 23.6. The zero-order valence-corrected chi connectivity index (χ0v) is 17.2. The van der Waals surface area contributed by atoms with Gasteiger partial charge in [0.15, 0.2) is 0 Å². The minimum Gasteiger partial charge on any atom is -0.439 e. The van der Waals surface area contributed by atoms with E-state index in [4.69, 9.17) is 4.74 Å². The van der Waals surface area contributed by atoms with Gasteiger partial charge < -0.3 is 20.1 Å². The highest BCUT2D eigenvalue weighted by Gasteiger charge is 2.42. The van der Waals surface area contributed by atoms with Gasteiger partial charge in [0.05, 0.1) is 6.10 Å². The normalized spacial score (nSPS) is 29.5. The van der Waals surface area contributed by atoms with Gasteiger partial charge in [0.2, 0.25) is 5.91 Å². The maximum absolute atomic E-state index is 13.0. The van der Waals surface area contributed by atoms with Gasteiger partial charge in [-0.1, -0.05) is 6.08 Å². The second-order valence-electron chi connectivity index (χ2n) is 8.29. The number of hydrogen-bond acceptors (Lipinski definition) is 4. The lowest BCUT2D eigenvalue weighted by molar-refractivity contribution is -0.149. The molecule has 0 aromatic rings. The first-order valence-corrected chi connectivity index (χ1v) is 10.4. The first-order chi connectivity index (χ1) is 14.5. The van der Waals surface area contributed by atoms with E-state index in [2.05, 4.69) is 15.4 Å². The van der Waals surface area contributed by atoms with Crippen LogP contribution in [0.1, 0.15) is 58.3 Å². The van der Waals surface area contributed by atoms with E-state index in [-0.39, 0.29) is 36.5 Å². The summed E-state index contributed by atoms with van der Waals surface area (Å²) in [5.41, 5.74) is -1.21. The molecule has 10 heteroatoms. The number of allylic oxidation sites excluding steroid dienone is 6. The minimum absolute atomic E-state index is 0.138. The fraction of sp³-hybridized carbons (Fsp3) is 0.667. The molecule has 0 radical (unpaired) electrons. The molecular weight excluding hydrogens is 423 g/mol. The number of alkyl halides is 5. The molecule has 1 heterocycles. The Balaban J connectivity index is 1.45. The standard InChI is InChI=1S/C21H27F5N2O3/c1-20(12-2-3-17(28-20)21(24,25)26)31-16-8-4-13(5-9-16)18(29)27-14-6-10-15(11-7-14)30-19(22)23/h3,6,10,13,16,19,28H,2,4-5,7-9,11-12H2,1H3,(H,27,29). The highest BCUT2D eigenvalue weighted by Crippen LogP contribution is 2.35. The van der Waals surface area contributed by atoms with Crippen LogP contribution in [0.4, 0.5) is 22.0 Å². The summed E-state index contributed by atoms with van der Waals surface area (Å²) in [5, 5.41) is 5.32. The quantitative estimate of drug-likeness (QED) is 0.558. The number of carbonyl (C=O) groups excluding carboxylic acids is 1. The zero-order chi connectivity index (χ0) is 22.6. The lowest BCUT2D eigenvalue weighted by atomic mass is 9.86. The number of nitrogens with one attached hydrogen (secondary N) is 2. The average Bonchev–Trinajstić information content (AvgIpc) is 2.68. The Morgan fingerprint density at radius 1 is 1.19 bits per heavy atom. The van der Waals surface area contributed by atoms with Crippen molar-refractivity contribution in [2.75, 3.05) is 0 Å². The third-order valence-corrected chi connectivity index (χ3v) is 5.78. The monoisotopic (exact) mass is 450 g/mol. The van der Waals surface area contributed by atoms with Crippen molar-refractivity contribution in [1.82, 2.24) is 10.6 Å². The Morgan fingerprint density at radius 3 is 2.48 bits per heavy atom. The van der Waals surface area contributed by atoms with Gasteiger partial charge in [-0.15, -0.1) is 0 Å². The summed E-state index contributed by atoms with van der Waals surface area (Å²) >= 11 is 0. The number of ether oxygens (including phenoxy) is 2. The van der Waals surface area contributed by atoms with Crippen molar-refractivity contribution in [3.63, 3.8) is 0 Å². The van der Waals surface area contributed by atoms with Crippen LogP contribution in [0.15, 0.2) is 35.4 Å². The lowest BCUT2D eigenvalue weighted by Crippen LogP contribution is -2.51. The van der Waals surface area contributed by atoms with Crippen LogP contribution in [-0.2, 0) is 14.3 Å². The van der Waals surface area contributed by atoms with E-state index in [0.717, 1.165) is 6.08 Å². The van der Waals surface area contributed by atoms with E-state index >= 15 is 0 Å². The van der Waals surface area contributed by atoms with Crippen LogP contribution in [0.2, 0.25) is 0 Å². The van der Waals surface area contributed by atoms with E-state index in [1.165, 1.54) is 6.08 Å². The first-order valence-electron chi connectivity index (χ1n) is 10.4. The minimum atomic E-state index is -4.43. The van der Waals surface area contributed by atoms with Crippen LogP contribution >= 0.6 is 0 Å². The van der Waals surface area contributed by atoms with Gasteiger partial charge in [0.1, 0.15) is 17.2 Å². The molecule has 2 aliphatic carbocycles. The topological polar surface area (TPSA) is 59.6 Å². The second-order valence-corrected chi connectivity index (χ2v) is 8.29. The van der Waals surface area contributed by atoms with E-state index in [9.17, 15) is 26.7 Å². The molecule has 0 aromatic carbocycles. The summed E-state index contributed by atoms with van der Waals surface area (Å²) in [6.07, 6.45) is 3.17. The maximum Gasteiger partial charge on any atom is 0.430 e. The molecule has 0 saturated heterocycles. The Labute approximate surface area is 177 Å². The summed E-state index contributed by atoms with van der Waals surface area (Å²) in [5.74, 6) is -0.180. The number of rotatable bonds is 6. The summed E-state index contributed by atoms with van der Waals surface area (Å²) < 4.78 is 73.8. The molecule has 5 nitrogen and oxygen atoms in total. The molecule has 3 rings (SSSR count). The van der Waals surface area contributed by atoms with Gasteiger partial charge in [0, 0.05) is 18.0 Å². The molecule has 1 atom stereocenters. The van der Waals surface area contributed by atoms with Crippen molar-refractivity contribution >= 4 is 5.91 Å². The SMILES string of the molecule is CC1(OC2CCC(C(=O)NC3=CC=C(OC(F)F)CC3)CC2)CCC=C(C(F)(F)F)N1. The van der Waals surface area contributed by atoms with Crippen LogP contribution in [0.25, 0.3) is 0 Å². The van der Waals surface area contributed by atoms with E-state index in [0.29, 0.717) is 44.2 Å². The molecule has 1 saturated carbocycles. The Morgan fingerprint density at radius 2 is 1.90 bits per heavy atom. The molecule has 1 aliphatic heterocycles. The lowest BCUT2D eigenvalue weighted by Gasteiger charge is -2.40. The molecule has 1 amide bonds. The Bertz CT molecular complexity index is 755. The number of carbonyl (C=O) groups is 1. The van der Waals surface area contributed by atoms with Crippen molar-refractivity contribution in [2.45, 2.75) is 82.9 Å². The van der Waals surface area contributed by atoms with Gasteiger partial charge in [-0.05, 0) is 64.0 Å². The largest absolute Gasteiger partial charge is 0.439 e. The molecule has 174 valence electrons. The molecule has 0 bridgehead atoms. The van der Waals surface area contributed by atoms with Gasteiger partial charge in [-0.2, -0.15) is 22.0 Å². The van der Waals surface area contributed by atoms with E-state index in [1.54, 1.807) is 13.0 Å². The summed E-state index contributed by atoms with van der Waals surface area (Å²) in [6.45, 7) is -1.24. The third-order valence-electron chi connectivity index (χ3n) is 5.78. The predicted octanol–water partition coefficient (Wildman–Crippen LogP) is 5.02. The maximum atomic E-state index is 13.0. The fourth-order valence-electron chi connectivity index (χ4n) is 4.17. The van der Waals surface area contributed by atoms with Gasteiger partial charge in [-0.3, -0.25) is 4.79 Å². The van der Waals surface area contributed by atoms with E-state index < -0.39 is 24.2 Å². The average molecular weight is 450 g/mol. The fourth-order valence-corrected chi connectivity index (χ4v) is 4.17. The molecule has 1 unspecified atom stereocenters. The Kier molecular flexibility index (Phi) is 7.28. The summed E-state index contributed by atoms with van der Waals surface area (Å²) in [7, 11) is 0. The van der Waals surface area contributed by atoms with Crippen LogP contribution in [0, 0.1) is 5.92 Å². The second kappa shape index (κ2) is 9.58. The third kappa shape index (κ3) is 6.69. The molecule has 3 aliphatic rings. The molecule has 1 fully saturated rings. The zero-order valence-electron chi connectivity index (χ0n) is 17.2. The number of halogens is 5. The highest BCUT2D eigenvalue weighted by atomic mass is 19.4. The number of amides is 1. The summed E-state index contributed by atoms with van der Waals surface area (Å²) in [4.78, 5) is 12.5. The van der Waals surface area contributed by atoms with Crippen molar-refractivity contribution < 1.29 is 36.2 Å². The van der Waals surface area contributed by atoms with Gasteiger partial charge >= 0.3 is 12.8 Å². The van der Waals surface area contributed by atoms with Crippen molar-refractivity contribution in [3.05, 3.63) is 35.4 Å². The highest BCUT2D eigenvalue weighted by molar-refractivity contribution is 5.80. The summed E-state index contributed by atoms with van der Waals surface area (Å²) in [6, 6.07) is 0.